The van der Waals surface area contributed by atoms with Crippen LogP contribution in [0.3, 0.4) is 0 Å². The number of nitrogens with two attached hydrogens (primary N) is 1. The SMILES string of the molecule is Cc1ccc(C2(O)CCC(N)C2)c(C)c1. The van der Waals surface area contributed by atoms with Gasteiger partial charge in [-0.1, -0.05) is 23.8 Å². The molecule has 0 heterocycles. The third-order valence-electron chi connectivity index (χ3n) is 3.41. The summed E-state index contributed by atoms with van der Waals surface area (Å²) in [5, 5.41) is 10.5. The van der Waals surface area contributed by atoms with E-state index in [0.29, 0.717) is 6.42 Å². The molecule has 2 rings (SSSR count). The van der Waals surface area contributed by atoms with E-state index in [2.05, 4.69) is 26.0 Å². The van der Waals surface area contributed by atoms with Crippen molar-refractivity contribution in [3.05, 3.63) is 34.9 Å². The molecule has 1 aliphatic rings. The minimum atomic E-state index is -0.683. The predicted octanol–water partition coefficient (Wildman–Crippen LogP) is 2.00. The Kier molecular flexibility index (Phi) is 2.57. The van der Waals surface area contributed by atoms with Gasteiger partial charge in [0.1, 0.15) is 0 Å². The van der Waals surface area contributed by atoms with Crippen molar-refractivity contribution in [2.75, 3.05) is 0 Å². The molecule has 2 nitrogen and oxygen atoms in total. The second kappa shape index (κ2) is 3.62. The van der Waals surface area contributed by atoms with Crippen LogP contribution in [-0.4, -0.2) is 11.1 Å². The Bertz CT molecular complexity index is 375. The average Bonchev–Trinajstić information content (AvgIpc) is 2.46. The van der Waals surface area contributed by atoms with Gasteiger partial charge in [0, 0.05) is 6.04 Å². The van der Waals surface area contributed by atoms with Gasteiger partial charge in [0.25, 0.3) is 0 Å². The number of rotatable bonds is 1. The standard InChI is InChI=1S/C13H19NO/c1-9-3-4-12(10(2)7-9)13(15)6-5-11(14)8-13/h3-4,7,11,15H,5-6,8,14H2,1-2H3. The van der Waals surface area contributed by atoms with Crippen LogP contribution in [0.25, 0.3) is 0 Å². The van der Waals surface area contributed by atoms with Crippen LogP contribution in [0, 0.1) is 13.8 Å². The van der Waals surface area contributed by atoms with Gasteiger partial charge in [0.2, 0.25) is 0 Å². The number of hydrogen-bond acceptors (Lipinski definition) is 2. The Morgan fingerprint density at radius 3 is 2.67 bits per heavy atom. The van der Waals surface area contributed by atoms with Crippen molar-refractivity contribution in [2.24, 2.45) is 5.73 Å². The molecule has 1 aromatic carbocycles. The molecule has 2 atom stereocenters. The minimum absolute atomic E-state index is 0.149. The summed E-state index contributed by atoms with van der Waals surface area (Å²) in [5.41, 5.74) is 8.65. The number of hydrogen-bond donors (Lipinski definition) is 2. The zero-order valence-corrected chi connectivity index (χ0v) is 9.46. The molecule has 1 fully saturated rings. The van der Waals surface area contributed by atoms with Crippen LogP contribution in [0.1, 0.15) is 36.0 Å². The summed E-state index contributed by atoms with van der Waals surface area (Å²) in [7, 11) is 0. The molecule has 0 bridgehead atoms. The van der Waals surface area contributed by atoms with Crippen LogP contribution < -0.4 is 5.73 Å². The normalized spacial score (nSPS) is 30.8. The van der Waals surface area contributed by atoms with E-state index in [1.165, 1.54) is 11.1 Å². The molecule has 0 amide bonds. The van der Waals surface area contributed by atoms with E-state index in [9.17, 15) is 5.11 Å². The number of benzene rings is 1. The lowest BCUT2D eigenvalue weighted by Gasteiger charge is -2.25. The summed E-state index contributed by atoms with van der Waals surface area (Å²) in [4.78, 5) is 0. The maximum Gasteiger partial charge on any atom is 0.0914 e. The van der Waals surface area contributed by atoms with E-state index in [1.54, 1.807) is 0 Å². The van der Waals surface area contributed by atoms with Crippen LogP contribution in [0.4, 0.5) is 0 Å². The topological polar surface area (TPSA) is 46.2 Å². The zero-order chi connectivity index (χ0) is 11.1. The lowest BCUT2D eigenvalue weighted by Crippen LogP contribution is -2.26. The number of aryl methyl sites for hydroxylation is 2. The Morgan fingerprint density at radius 2 is 2.13 bits per heavy atom. The Balaban J connectivity index is 2.37. The fraction of sp³-hybridized carbons (Fsp3) is 0.538. The largest absolute Gasteiger partial charge is 0.385 e. The molecule has 82 valence electrons. The van der Waals surface area contributed by atoms with Crippen LogP contribution in [0.15, 0.2) is 18.2 Å². The Hall–Kier alpha value is -0.860. The molecule has 0 aliphatic heterocycles. The molecule has 1 aliphatic carbocycles. The first-order chi connectivity index (χ1) is 7.01. The van der Waals surface area contributed by atoms with Crippen molar-refractivity contribution in [1.82, 2.24) is 0 Å². The summed E-state index contributed by atoms with van der Waals surface area (Å²) in [5.74, 6) is 0. The Morgan fingerprint density at radius 1 is 1.40 bits per heavy atom. The monoisotopic (exact) mass is 205 g/mol. The van der Waals surface area contributed by atoms with Gasteiger partial charge in [0.05, 0.1) is 5.60 Å². The molecule has 0 radical (unpaired) electrons. The maximum atomic E-state index is 10.5. The summed E-state index contributed by atoms with van der Waals surface area (Å²) in [6.45, 7) is 4.13. The lowest BCUT2D eigenvalue weighted by molar-refractivity contribution is 0.0425. The summed E-state index contributed by atoms with van der Waals surface area (Å²) in [6, 6.07) is 6.37. The predicted molar refractivity (Wildman–Crippen MR) is 61.6 cm³/mol. The molecule has 3 N–H and O–H groups in total. The van der Waals surface area contributed by atoms with Crippen LogP contribution in [0.5, 0.6) is 0 Å². The fourth-order valence-electron chi connectivity index (χ4n) is 2.64. The van der Waals surface area contributed by atoms with E-state index in [1.807, 2.05) is 6.07 Å². The van der Waals surface area contributed by atoms with Gasteiger partial charge in [0.15, 0.2) is 0 Å². The second-order valence-corrected chi connectivity index (χ2v) is 4.85. The van der Waals surface area contributed by atoms with Crippen molar-refractivity contribution < 1.29 is 5.11 Å². The van der Waals surface area contributed by atoms with Crippen LogP contribution in [0.2, 0.25) is 0 Å². The van der Waals surface area contributed by atoms with Crippen molar-refractivity contribution >= 4 is 0 Å². The van der Waals surface area contributed by atoms with Gasteiger partial charge >= 0.3 is 0 Å². The third kappa shape index (κ3) is 1.92. The minimum Gasteiger partial charge on any atom is -0.385 e. The molecule has 1 saturated carbocycles. The Labute approximate surface area is 91.1 Å². The smallest absolute Gasteiger partial charge is 0.0914 e. The van der Waals surface area contributed by atoms with Crippen molar-refractivity contribution in [1.29, 1.82) is 0 Å². The highest BCUT2D eigenvalue weighted by Gasteiger charge is 2.37. The fourth-order valence-corrected chi connectivity index (χ4v) is 2.64. The van der Waals surface area contributed by atoms with E-state index in [4.69, 9.17) is 5.73 Å². The maximum absolute atomic E-state index is 10.5. The average molecular weight is 205 g/mol. The quantitative estimate of drug-likeness (QED) is 0.736. The van der Waals surface area contributed by atoms with Crippen molar-refractivity contribution in [3.8, 4) is 0 Å². The first-order valence-electron chi connectivity index (χ1n) is 5.57. The molecule has 1 aromatic rings. The lowest BCUT2D eigenvalue weighted by atomic mass is 9.88. The summed E-state index contributed by atoms with van der Waals surface area (Å²) in [6.07, 6.45) is 2.40. The molecule has 15 heavy (non-hydrogen) atoms. The van der Waals surface area contributed by atoms with Gasteiger partial charge in [-0.2, -0.15) is 0 Å². The number of aliphatic hydroxyl groups is 1. The summed E-state index contributed by atoms with van der Waals surface area (Å²) < 4.78 is 0. The van der Waals surface area contributed by atoms with Crippen LogP contribution in [-0.2, 0) is 5.60 Å². The summed E-state index contributed by atoms with van der Waals surface area (Å²) >= 11 is 0. The van der Waals surface area contributed by atoms with Gasteiger partial charge in [-0.3, -0.25) is 0 Å². The highest BCUT2D eigenvalue weighted by atomic mass is 16.3. The highest BCUT2D eigenvalue weighted by Crippen LogP contribution is 2.39. The molecule has 2 unspecified atom stereocenters. The first kappa shape index (κ1) is 10.7. The first-order valence-corrected chi connectivity index (χ1v) is 5.57. The van der Waals surface area contributed by atoms with Gasteiger partial charge in [-0.25, -0.2) is 0 Å². The molecule has 0 spiro atoms. The molecular weight excluding hydrogens is 186 g/mol. The van der Waals surface area contributed by atoms with E-state index < -0.39 is 5.60 Å². The molecular formula is C13H19NO. The second-order valence-electron chi connectivity index (χ2n) is 4.85. The highest BCUT2D eigenvalue weighted by molar-refractivity contribution is 5.35. The van der Waals surface area contributed by atoms with Gasteiger partial charge in [-0.05, 0) is 44.2 Å². The van der Waals surface area contributed by atoms with E-state index in [0.717, 1.165) is 18.4 Å². The van der Waals surface area contributed by atoms with Gasteiger partial charge in [-0.15, -0.1) is 0 Å². The van der Waals surface area contributed by atoms with E-state index >= 15 is 0 Å². The van der Waals surface area contributed by atoms with E-state index in [-0.39, 0.29) is 6.04 Å². The van der Waals surface area contributed by atoms with Crippen molar-refractivity contribution in [3.63, 3.8) is 0 Å². The van der Waals surface area contributed by atoms with Crippen molar-refractivity contribution in [2.45, 2.75) is 44.8 Å². The molecule has 2 heteroatoms. The molecule has 0 saturated heterocycles. The zero-order valence-electron chi connectivity index (χ0n) is 9.46. The molecule has 0 aromatic heterocycles. The van der Waals surface area contributed by atoms with Crippen LogP contribution >= 0.6 is 0 Å². The van der Waals surface area contributed by atoms with Gasteiger partial charge < -0.3 is 10.8 Å². The third-order valence-corrected chi connectivity index (χ3v) is 3.41.